The van der Waals surface area contributed by atoms with Crippen LogP contribution < -0.4 is 0 Å². The number of carbonyl (C=O) groups excluding carboxylic acids is 1. The number of aryl methyl sites for hydroxylation is 1. The van der Waals surface area contributed by atoms with Crippen molar-refractivity contribution in [1.29, 1.82) is 0 Å². The molecule has 0 aliphatic heterocycles. The minimum atomic E-state index is -0.392. The molecule has 0 radical (unpaired) electrons. The van der Waals surface area contributed by atoms with Crippen molar-refractivity contribution in [3.05, 3.63) is 39.4 Å². The van der Waals surface area contributed by atoms with Crippen molar-refractivity contribution in [2.75, 3.05) is 0 Å². The van der Waals surface area contributed by atoms with Gasteiger partial charge in [-0.15, -0.1) is 0 Å². The summed E-state index contributed by atoms with van der Waals surface area (Å²) in [6.45, 7) is 1.88. The van der Waals surface area contributed by atoms with Gasteiger partial charge in [0.15, 0.2) is 5.78 Å². The van der Waals surface area contributed by atoms with Crippen molar-refractivity contribution in [2.24, 2.45) is 5.92 Å². The summed E-state index contributed by atoms with van der Waals surface area (Å²) in [4.78, 5) is 23.0. The zero-order valence-corrected chi connectivity index (χ0v) is 11.2. The Kier molecular flexibility index (Phi) is 4.30. The summed E-state index contributed by atoms with van der Waals surface area (Å²) in [6.07, 6.45) is 5.81. The van der Waals surface area contributed by atoms with E-state index in [2.05, 4.69) is 0 Å². The highest BCUT2D eigenvalue weighted by atomic mass is 16.6. The fraction of sp³-hybridized carbons (Fsp3) is 0.533. The van der Waals surface area contributed by atoms with Crippen LogP contribution in [0.4, 0.5) is 5.69 Å². The highest BCUT2D eigenvalue weighted by molar-refractivity contribution is 5.98. The van der Waals surface area contributed by atoms with Crippen LogP contribution in [0.25, 0.3) is 0 Å². The molecule has 0 heterocycles. The Morgan fingerprint density at radius 1 is 1.32 bits per heavy atom. The largest absolute Gasteiger partial charge is 0.294 e. The molecule has 1 aromatic carbocycles. The van der Waals surface area contributed by atoms with Crippen molar-refractivity contribution in [3.8, 4) is 0 Å². The number of hydrogen-bond acceptors (Lipinski definition) is 3. The molecule has 4 nitrogen and oxygen atoms in total. The van der Waals surface area contributed by atoms with Crippen LogP contribution in [0.1, 0.15) is 54.9 Å². The molecule has 1 aliphatic rings. The van der Waals surface area contributed by atoms with Crippen molar-refractivity contribution in [3.63, 3.8) is 0 Å². The van der Waals surface area contributed by atoms with Gasteiger partial charge in [-0.3, -0.25) is 14.9 Å². The number of benzene rings is 1. The minimum Gasteiger partial charge on any atom is -0.294 e. The molecule has 1 aromatic rings. The molecule has 0 bridgehead atoms. The Hall–Kier alpha value is -1.71. The third-order valence-electron chi connectivity index (χ3n) is 3.92. The lowest BCUT2D eigenvalue weighted by Crippen LogP contribution is -2.18. The predicted molar refractivity (Wildman–Crippen MR) is 73.4 cm³/mol. The molecular weight excluding hydrogens is 242 g/mol. The van der Waals surface area contributed by atoms with Crippen LogP contribution in [0.2, 0.25) is 0 Å². The molecular formula is C15H19NO3. The normalized spacial score (nSPS) is 16.3. The molecule has 0 atom stereocenters. The molecule has 4 heteroatoms. The van der Waals surface area contributed by atoms with Crippen molar-refractivity contribution >= 4 is 11.5 Å². The molecule has 0 amide bonds. The summed E-state index contributed by atoms with van der Waals surface area (Å²) >= 11 is 0. The topological polar surface area (TPSA) is 60.2 Å². The van der Waals surface area contributed by atoms with Crippen LogP contribution in [-0.2, 0) is 6.42 Å². The Bertz CT molecular complexity index is 490. The number of nitrogens with zero attached hydrogens (tertiary/aromatic N) is 1. The van der Waals surface area contributed by atoms with Crippen LogP contribution in [0.3, 0.4) is 0 Å². The molecule has 0 spiro atoms. The number of hydrogen-bond donors (Lipinski definition) is 0. The molecule has 19 heavy (non-hydrogen) atoms. The first-order valence-electron chi connectivity index (χ1n) is 6.95. The third kappa shape index (κ3) is 3.00. The zero-order chi connectivity index (χ0) is 13.8. The van der Waals surface area contributed by atoms with E-state index in [9.17, 15) is 14.9 Å². The molecule has 1 saturated carbocycles. The molecule has 2 rings (SSSR count). The predicted octanol–water partition coefficient (Wildman–Crippen LogP) is 3.92. The smallest absolute Gasteiger partial charge is 0.273 e. The molecule has 0 N–H and O–H groups in total. The van der Waals surface area contributed by atoms with Crippen LogP contribution in [-0.4, -0.2) is 10.7 Å². The molecule has 1 aliphatic carbocycles. The summed E-state index contributed by atoms with van der Waals surface area (Å²) in [5.41, 5.74) is 1.25. The first-order chi connectivity index (χ1) is 9.13. The number of nitro groups is 1. The number of rotatable bonds is 4. The van der Waals surface area contributed by atoms with Crippen molar-refractivity contribution in [1.82, 2.24) is 0 Å². The number of Topliss-reactive ketones (excluding diaryl/α,β-unsaturated/α-hetero) is 1. The second kappa shape index (κ2) is 5.95. The van der Waals surface area contributed by atoms with E-state index >= 15 is 0 Å². The molecule has 0 aromatic heterocycles. The van der Waals surface area contributed by atoms with Gasteiger partial charge >= 0.3 is 0 Å². The van der Waals surface area contributed by atoms with Gasteiger partial charge in [0.25, 0.3) is 5.69 Å². The first-order valence-corrected chi connectivity index (χ1v) is 6.95. The highest BCUT2D eigenvalue weighted by Crippen LogP contribution is 2.29. The number of carbonyl (C=O) groups is 1. The molecule has 102 valence electrons. The van der Waals surface area contributed by atoms with Gasteiger partial charge in [-0.2, -0.15) is 0 Å². The van der Waals surface area contributed by atoms with Gasteiger partial charge in [0, 0.05) is 23.1 Å². The maximum Gasteiger partial charge on any atom is 0.273 e. The quantitative estimate of drug-likeness (QED) is 0.469. The third-order valence-corrected chi connectivity index (χ3v) is 3.92. The van der Waals surface area contributed by atoms with E-state index in [0.717, 1.165) is 25.7 Å². The number of ketones is 1. The van der Waals surface area contributed by atoms with E-state index in [0.29, 0.717) is 17.5 Å². The fourth-order valence-corrected chi connectivity index (χ4v) is 2.79. The average molecular weight is 261 g/mol. The van der Waals surface area contributed by atoms with Crippen molar-refractivity contribution in [2.45, 2.75) is 45.4 Å². The second-order valence-corrected chi connectivity index (χ2v) is 5.15. The summed E-state index contributed by atoms with van der Waals surface area (Å²) in [6, 6.07) is 4.91. The standard InChI is InChI=1S/C15H19NO3/c1-2-11-8-9-13(10-14(11)16(18)19)15(17)12-6-4-3-5-7-12/h8-10,12H,2-7H2,1H3. The summed E-state index contributed by atoms with van der Waals surface area (Å²) in [5, 5.41) is 11.0. The van der Waals surface area contributed by atoms with E-state index in [1.165, 1.54) is 12.5 Å². The lowest BCUT2D eigenvalue weighted by atomic mass is 9.83. The maximum absolute atomic E-state index is 12.4. The van der Waals surface area contributed by atoms with Crippen molar-refractivity contribution < 1.29 is 9.72 Å². The highest BCUT2D eigenvalue weighted by Gasteiger charge is 2.24. The van der Waals surface area contributed by atoms with Gasteiger partial charge in [-0.05, 0) is 19.3 Å². The molecule has 0 saturated heterocycles. The Balaban J connectivity index is 2.26. The Morgan fingerprint density at radius 2 is 2.00 bits per heavy atom. The zero-order valence-electron chi connectivity index (χ0n) is 11.2. The lowest BCUT2D eigenvalue weighted by Gasteiger charge is -2.20. The Morgan fingerprint density at radius 3 is 2.58 bits per heavy atom. The van der Waals surface area contributed by atoms with Gasteiger partial charge in [0.2, 0.25) is 0 Å². The van der Waals surface area contributed by atoms with Crippen LogP contribution in [0, 0.1) is 16.0 Å². The van der Waals surface area contributed by atoms with Gasteiger partial charge in [0.05, 0.1) is 4.92 Å². The minimum absolute atomic E-state index is 0.0563. The first kappa shape index (κ1) is 13.7. The lowest BCUT2D eigenvalue weighted by molar-refractivity contribution is -0.385. The van der Waals surface area contributed by atoms with E-state index in [-0.39, 0.29) is 17.4 Å². The van der Waals surface area contributed by atoms with Gasteiger partial charge in [0.1, 0.15) is 0 Å². The second-order valence-electron chi connectivity index (χ2n) is 5.15. The van der Waals surface area contributed by atoms with Crippen LogP contribution in [0.5, 0.6) is 0 Å². The van der Waals surface area contributed by atoms with E-state index < -0.39 is 4.92 Å². The van der Waals surface area contributed by atoms with Gasteiger partial charge in [-0.1, -0.05) is 38.3 Å². The van der Waals surface area contributed by atoms with E-state index in [1.807, 2.05) is 6.92 Å². The number of nitro benzene ring substituents is 1. The summed E-state index contributed by atoms with van der Waals surface area (Å²) in [5.74, 6) is 0.131. The van der Waals surface area contributed by atoms with Crippen LogP contribution >= 0.6 is 0 Å². The maximum atomic E-state index is 12.4. The van der Waals surface area contributed by atoms with E-state index in [4.69, 9.17) is 0 Å². The fourth-order valence-electron chi connectivity index (χ4n) is 2.79. The van der Waals surface area contributed by atoms with Crippen LogP contribution in [0.15, 0.2) is 18.2 Å². The summed E-state index contributed by atoms with van der Waals surface area (Å²) in [7, 11) is 0. The van der Waals surface area contributed by atoms with E-state index in [1.54, 1.807) is 12.1 Å². The van der Waals surface area contributed by atoms with Gasteiger partial charge < -0.3 is 0 Å². The molecule has 1 fully saturated rings. The SMILES string of the molecule is CCc1ccc(C(=O)C2CCCCC2)cc1[N+](=O)[O-]. The van der Waals surface area contributed by atoms with Gasteiger partial charge in [-0.25, -0.2) is 0 Å². The average Bonchev–Trinajstić information content (AvgIpc) is 2.46. The molecule has 0 unspecified atom stereocenters. The summed E-state index contributed by atoms with van der Waals surface area (Å²) < 4.78 is 0. The monoisotopic (exact) mass is 261 g/mol. The Labute approximate surface area is 113 Å².